The average Bonchev–Trinajstić information content (AvgIpc) is 2.96. The zero-order chi connectivity index (χ0) is 16.4. The largest absolute Gasteiger partial charge is 0.311 e. The number of hydrogen-bond donors (Lipinski definition) is 1. The quantitative estimate of drug-likeness (QED) is 0.917. The van der Waals surface area contributed by atoms with E-state index in [1.54, 1.807) is 35.2 Å². The van der Waals surface area contributed by atoms with E-state index in [2.05, 4.69) is 10.3 Å². The molecule has 0 bridgehead atoms. The molecule has 1 fully saturated rings. The van der Waals surface area contributed by atoms with Crippen LogP contribution in [0.5, 0.6) is 0 Å². The molecule has 0 radical (unpaired) electrons. The number of hydrogen-bond acceptors (Lipinski definition) is 3. The summed E-state index contributed by atoms with van der Waals surface area (Å²) in [6, 6.07) is 8.10. The highest BCUT2D eigenvalue weighted by Crippen LogP contribution is 2.30. The number of halogens is 2. The van der Waals surface area contributed by atoms with Crippen LogP contribution in [-0.2, 0) is 4.79 Å². The number of amides is 2. The summed E-state index contributed by atoms with van der Waals surface area (Å²) >= 11 is 11.9. The van der Waals surface area contributed by atoms with E-state index in [9.17, 15) is 9.59 Å². The van der Waals surface area contributed by atoms with E-state index < -0.39 is 0 Å². The second-order valence-corrected chi connectivity index (χ2v) is 5.97. The SMILES string of the molecule is O=C(Nc1ccc(Cl)cn1)c1ccc(Cl)c(N2CCCC2=O)c1. The molecule has 5 nitrogen and oxygen atoms in total. The molecule has 0 saturated carbocycles. The minimum atomic E-state index is -0.329. The maximum Gasteiger partial charge on any atom is 0.256 e. The topological polar surface area (TPSA) is 62.3 Å². The van der Waals surface area contributed by atoms with Crippen molar-refractivity contribution >= 4 is 46.5 Å². The average molecular weight is 350 g/mol. The number of rotatable bonds is 3. The third-order valence-electron chi connectivity index (χ3n) is 3.54. The van der Waals surface area contributed by atoms with Crippen LogP contribution in [0.4, 0.5) is 11.5 Å². The Balaban J connectivity index is 1.83. The minimum absolute atomic E-state index is 0.0174. The number of pyridine rings is 1. The van der Waals surface area contributed by atoms with Crippen molar-refractivity contribution in [1.82, 2.24) is 4.98 Å². The van der Waals surface area contributed by atoms with Gasteiger partial charge in [-0.25, -0.2) is 4.98 Å². The predicted molar refractivity (Wildman–Crippen MR) is 90.2 cm³/mol. The number of benzene rings is 1. The van der Waals surface area contributed by atoms with E-state index in [-0.39, 0.29) is 11.8 Å². The van der Waals surface area contributed by atoms with E-state index in [4.69, 9.17) is 23.2 Å². The number of carbonyl (C=O) groups is 2. The monoisotopic (exact) mass is 349 g/mol. The van der Waals surface area contributed by atoms with Gasteiger partial charge in [0.05, 0.1) is 15.7 Å². The zero-order valence-electron chi connectivity index (χ0n) is 12.1. The number of carbonyl (C=O) groups excluding carboxylic acids is 2. The molecule has 1 aromatic carbocycles. The van der Waals surface area contributed by atoms with Crippen molar-refractivity contribution in [2.75, 3.05) is 16.8 Å². The van der Waals surface area contributed by atoms with Gasteiger partial charge in [-0.2, -0.15) is 0 Å². The molecule has 7 heteroatoms. The van der Waals surface area contributed by atoms with Gasteiger partial charge in [0.1, 0.15) is 5.82 Å². The maximum atomic E-state index is 12.3. The van der Waals surface area contributed by atoms with Gasteiger partial charge in [0.2, 0.25) is 5.91 Å². The van der Waals surface area contributed by atoms with Gasteiger partial charge >= 0.3 is 0 Å². The summed E-state index contributed by atoms with van der Waals surface area (Å²) in [4.78, 5) is 29.8. The van der Waals surface area contributed by atoms with Crippen molar-refractivity contribution in [2.24, 2.45) is 0 Å². The van der Waals surface area contributed by atoms with E-state index in [1.807, 2.05) is 0 Å². The summed E-state index contributed by atoms with van der Waals surface area (Å²) in [6.45, 7) is 0.613. The summed E-state index contributed by atoms with van der Waals surface area (Å²) in [7, 11) is 0. The Kier molecular flexibility index (Phi) is 4.50. The summed E-state index contributed by atoms with van der Waals surface area (Å²) < 4.78 is 0. The first-order chi connectivity index (χ1) is 11.0. The Morgan fingerprint density at radius 3 is 2.70 bits per heavy atom. The van der Waals surface area contributed by atoms with E-state index in [0.717, 1.165) is 6.42 Å². The van der Waals surface area contributed by atoms with Gasteiger partial charge in [-0.15, -0.1) is 0 Å². The summed E-state index contributed by atoms with van der Waals surface area (Å²) in [6.07, 6.45) is 2.75. The highest BCUT2D eigenvalue weighted by molar-refractivity contribution is 6.34. The Morgan fingerprint density at radius 2 is 2.04 bits per heavy atom. The predicted octanol–water partition coefficient (Wildman–Crippen LogP) is 3.77. The van der Waals surface area contributed by atoms with Crippen LogP contribution < -0.4 is 10.2 Å². The van der Waals surface area contributed by atoms with Crippen LogP contribution in [0, 0.1) is 0 Å². The molecular formula is C16H13Cl2N3O2. The molecule has 3 rings (SSSR count). The fraction of sp³-hybridized carbons (Fsp3) is 0.188. The first kappa shape index (κ1) is 15.8. The summed E-state index contributed by atoms with van der Waals surface area (Å²) in [5.41, 5.74) is 0.965. The Morgan fingerprint density at radius 1 is 1.22 bits per heavy atom. The normalized spacial score (nSPS) is 14.2. The molecule has 1 saturated heterocycles. The molecule has 1 aromatic heterocycles. The molecular weight excluding hydrogens is 337 g/mol. The van der Waals surface area contributed by atoms with Gasteiger partial charge in [-0.3, -0.25) is 9.59 Å². The Bertz CT molecular complexity index is 762. The third-order valence-corrected chi connectivity index (χ3v) is 4.08. The lowest BCUT2D eigenvalue weighted by atomic mass is 10.1. The van der Waals surface area contributed by atoms with E-state index in [1.165, 1.54) is 6.20 Å². The third kappa shape index (κ3) is 3.46. The second kappa shape index (κ2) is 6.56. The van der Waals surface area contributed by atoms with Gasteiger partial charge < -0.3 is 10.2 Å². The highest BCUT2D eigenvalue weighted by Gasteiger charge is 2.24. The highest BCUT2D eigenvalue weighted by atomic mass is 35.5. The number of aromatic nitrogens is 1. The lowest BCUT2D eigenvalue weighted by molar-refractivity contribution is -0.117. The fourth-order valence-electron chi connectivity index (χ4n) is 2.40. The molecule has 2 amide bonds. The molecule has 0 spiro atoms. The van der Waals surface area contributed by atoms with Crippen LogP contribution in [0.15, 0.2) is 36.5 Å². The van der Waals surface area contributed by atoms with Crippen LogP contribution in [0.25, 0.3) is 0 Å². The van der Waals surface area contributed by atoms with Crippen molar-refractivity contribution in [3.05, 3.63) is 52.1 Å². The molecule has 1 aliphatic heterocycles. The zero-order valence-corrected chi connectivity index (χ0v) is 13.6. The molecule has 118 valence electrons. The molecule has 1 N–H and O–H groups in total. The Hall–Kier alpha value is -2.11. The molecule has 0 aliphatic carbocycles. The van der Waals surface area contributed by atoms with Crippen LogP contribution >= 0.6 is 23.2 Å². The van der Waals surface area contributed by atoms with Crippen molar-refractivity contribution in [3.63, 3.8) is 0 Å². The van der Waals surface area contributed by atoms with Crippen LogP contribution in [-0.4, -0.2) is 23.3 Å². The van der Waals surface area contributed by atoms with Gasteiger partial charge in [0, 0.05) is 24.7 Å². The smallest absolute Gasteiger partial charge is 0.256 e. The molecule has 2 aromatic rings. The van der Waals surface area contributed by atoms with Crippen molar-refractivity contribution < 1.29 is 9.59 Å². The maximum absolute atomic E-state index is 12.3. The molecule has 0 atom stereocenters. The molecule has 1 aliphatic rings. The van der Waals surface area contributed by atoms with Gasteiger partial charge in [0.15, 0.2) is 0 Å². The Labute approximate surface area is 143 Å². The lowest BCUT2D eigenvalue weighted by Gasteiger charge is -2.18. The van der Waals surface area contributed by atoms with Crippen LogP contribution in [0.3, 0.4) is 0 Å². The molecule has 2 heterocycles. The van der Waals surface area contributed by atoms with Gasteiger partial charge in [0.25, 0.3) is 5.91 Å². The lowest BCUT2D eigenvalue weighted by Crippen LogP contribution is -2.24. The summed E-state index contributed by atoms with van der Waals surface area (Å²) in [5.74, 6) is 0.0846. The fourth-order valence-corrected chi connectivity index (χ4v) is 2.73. The van der Waals surface area contributed by atoms with Gasteiger partial charge in [-0.05, 0) is 36.8 Å². The van der Waals surface area contributed by atoms with E-state index >= 15 is 0 Å². The number of nitrogens with zero attached hydrogens (tertiary/aromatic N) is 2. The van der Waals surface area contributed by atoms with Crippen molar-refractivity contribution in [2.45, 2.75) is 12.8 Å². The number of anilines is 2. The van der Waals surface area contributed by atoms with Gasteiger partial charge in [-0.1, -0.05) is 23.2 Å². The molecule has 0 unspecified atom stereocenters. The van der Waals surface area contributed by atoms with Crippen LogP contribution in [0.1, 0.15) is 23.2 Å². The standard InChI is InChI=1S/C16H13Cl2N3O2/c17-11-4-6-14(19-9-11)20-16(23)10-3-5-12(18)13(8-10)21-7-1-2-15(21)22/h3-6,8-9H,1-2,7H2,(H,19,20,23). The summed E-state index contributed by atoms with van der Waals surface area (Å²) in [5, 5.41) is 3.61. The minimum Gasteiger partial charge on any atom is -0.311 e. The first-order valence-electron chi connectivity index (χ1n) is 7.07. The van der Waals surface area contributed by atoms with Crippen molar-refractivity contribution in [1.29, 1.82) is 0 Å². The van der Waals surface area contributed by atoms with Crippen molar-refractivity contribution in [3.8, 4) is 0 Å². The number of nitrogens with one attached hydrogen (secondary N) is 1. The van der Waals surface area contributed by atoms with Crippen LogP contribution in [0.2, 0.25) is 10.0 Å². The molecule has 23 heavy (non-hydrogen) atoms. The second-order valence-electron chi connectivity index (χ2n) is 5.13. The van der Waals surface area contributed by atoms with E-state index in [0.29, 0.717) is 40.1 Å². The first-order valence-corrected chi connectivity index (χ1v) is 7.83.